The van der Waals surface area contributed by atoms with Crippen molar-refractivity contribution >= 4 is 17.7 Å². The van der Waals surface area contributed by atoms with Crippen molar-refractivity contribution in [2.45, 2.75) is 38.1 Å². The van der Waals surface area contributed by atoms with Gasteiger partial charge >= 0.3 is 0 Å². The van der Waals surface area contributed by atoms with Crippen LogP contribution in [0.3, 0.4) is 0 Å². The van der Waals surface area contributed by atoms with Gasteiger partial charge in [-0.25, -0.2) is 0 Å². The topological polar surface area (TPSA) is 23.6 Å². The Hall–Kier alpha value is -1.78. The van der Waals surface area contributed by atoms with Gasteiger partial charge in [0.15, 0.2) is 0 Å². The highest BCUT2D eigenvalue weighted by molar-refractivity contribution is 7.99. The fourth-order valence-electron chi connectivity index (χ4n) is 3.76. The Balaban J connectivity index is 1.76. The van der Waals surface area contributed by atoms with E-state index in [1.807, 2.05) is 17.8 Å². The highest BCUT2D eigenvalue weighted by Gasteiger charge is 2.28. The number of carbonyl (C=O) groups excluding carboxylic acids is 1. The van der Waals surface area contributed by atoms with Gasteiger partial charge < -0.3 is 9.80 Å². The Morgan fingerprint density at radius 3 is 2.36 bits per heavy atom. The van der Waals surface area contributed by atoms with Crippen molar-refractivity contribution in [3.8, 4) is 0 Å². The summed E-state index contributed by atoms with van der Waals surface area (Å²) in [6, 6.07) is 19.3. The molecular formula is C24H32N2OS. The molecule has 1 fully saturated rings. The number of nitrogens with zero attached hydrogens (tertiary/aromatic N) is 2. The molecule has 1 amide bonds. The summed E-state index contributed by atoms with van der Waals surface area (Å²) in [5, 5.41) is 0. The van der Waals surface area contributed by atoms with Crippen LogP contribution < -0.4 is 0 Å². The fourth-order valence-corrected chi connectivity index (χ4v) is 4.81. The van der Waals surface area contributed by atoms with Crippen molar-refractivity contribution in [2.75, 3.05) is 31.9 Å². The molecule has 2 aromatic rings. The quantitative estimate of drug-likeness (QED) is 0.614. The van der Waals surface area contributed by atoms with Crippen LogP contribution in [0.15, 0.2) is 59.5 Å². The van der Waals surface area contributed by atoms with E-state index in [2.05, 4.69) is 79.1 Å². The second kappa shape index (κ2) is 10.1. The van der Waals surface area contributed by atoms with Crippen LogP contribution in [0.25, 0.3) is 0 Å². The summed E-state index contributed by atoms with van der Waals surface area (Å²) in [6.07, 6.45) is 0.616. The minimum atomic E-state index is 0.110. The Bertz CT molecular complexity index is 745. The molecule has 0 aliphatic carbocycles. The zero-order valence-corrected chi connectivity index (χ0v) is 18.1. The second-order valence-corrected chi connectivity index (χ2v) is 9.18. The molecule has 1 aliphatic rings. The molecule has 3 rings (SSSR count). The molecular weight excluding hydrogens is 364 g/mol. The van der Waals surface area contributed by atoms with Gasteiger partial charge in [0.25, 0.3) is 0 Å². The van der Waals surface area contributed by atoms with Gasteiger partial charge in [0.1, 0.15) is 0 Å². The molecule has 0 bridgehead atoms. The van der Waals surface area contributed by atoms with Crippen LogP contribution in [-0.4, -0.2) is 47.6 Å². The van der Waals surface area contributed by atoms with E-state index < -0.39 is 0 Å². The Morgan fingerprint density at radius 1 is 0.964 bits per heavy atom. The van der Waals surface area contributed by atoms with Crippen LogP contribution in [0.4, 0.5) is 0 Å². The van der Waals surface area contributed by atoms with Crippen LogP contribution in [0.5, 0.6) is 0 Å². The van der Waals surface area contributed by atoms with Gasteiger partial charge in [-0.2, -0.15) is 0 Å². The summed E-state index contributed by atoms with van der Waals surface area (Å²) in [7, 11) is 0. The molecule has 1 saturated heterocycles. The van der Waals surface area contributed by atoms with E-state index in [4.69, 9.17) is 0 Å². The maximum absolute atomic E-state index is 13.0. The summed E-state index contributed by atoms with van der Waals surface area (Å²) in [5.41, 5.74) is 2.50. The van der Waals surface area contributed by atoms with Gasteiger partial charge in [0.05, 0.1) is 6.04 Å². The fraction of sp³-hybridized carbons (Fsp3) is 0.458. The highest BCUT2D eigenvalue weighted by atomic mass is 32.2. The summed E-state index contributed by atoms with van der Waals surface area (Å²) in [4.78, 5) is 18.8. The minimum absolute atomic E-state index is 0.110. The van der Waals surface area contributed by atoms with Crippen LogP contribution >= 0.6 is 11.8 Å². The standard InChI is InChI=1S/C24H32N2OS/c1-19(2)17-25-14-13-24(27)26(16-15-25)23(21-7-5-4-6-8-21)18-28-22-11-9-20(3)10-12-22/h4-12,19,23H,13-18H2,1-3H3/t23-/m1/s1. The molecule has 2 aromatic carbocycles. The zero-order chi connectivity index (χ0) is 19.9. The molecule has 0 aromatic heterocycles. The third-order valence-electron chi connectivity index (χ3n) is 5.23. The van der Waals surface area contributed by atoms with Gasteiger partial charge in [-0.1, -0.05) is 61.9 Å². The Kier molecular flexibility index (Phi) is 7.57. The van der Waals surface area contributed by atoms with E-state index in [9.17, 15) is 4.79 Å². The molecule has 1 heterocycles. The predicted octanol–water partition coefficient (Wildman–Crippen LogP) is 5.02. The van der Waals surface area contributed by atoms with E-state index in [-0.39, 0.29) is 11.9 Å². The molecule has 28 heavy (non-hydrogen) atoms. The van der Waals surface area contributed by atoms with Gasteiger partial charge in [0.2, 0.25) is 5.91 Å². The second-order valence-electron chi connectivity index (χ2n) is 8.08. The van der Waals surface area contributed by atoms with Gasteiger partial charge in [0, 0.05) is 43.2 Å². The SMILES string of the molecule is Cc1ccc(SC[C@H](c2ccccc2)N2CCN(CC(C)C)CCC2=O)cc1. The summed E-state index contributed by atoms with van der Waals surface area (Å²) in [6.45, 7) is 10.3. The van der Waals surface area contributed by atoms with Crippen molar-refractivity contribution in [3.05, 3.63) is 65.7 Å². The maximum Gasteiger partial charge on any atom is 0.224 e. The van der Waals surface area contributed by atoms with Crippen LogP contribution in [0.1, 0.15) is 37.4 Å². The van der Waals surface area contributed by atoms with Gasteiger partial charge in [-0.15, -0.1) is 11.8 Å². The summed E-state index contributed by atoms with van der Waals surface area (Å²) >= 11 is 1.84. The van der Waals surface area contributed by atoms with Crippen LogP contribution in [0, 0.1) is 12.8 Å². The molecule has 0 spiro atoms. The molecule has 150 valence electrons. The van der Waals surface area contributed by atoms with Crippen LogP contribution in [0.2, 0.25) is 0 Å². The predicted molar refractivity (Wildman–Crippen MR) is 119 cm³/mol. The first-order valence-corrected chi connectivity index (χ1v) is 11.3. The third kappa shape index (κ3) is 5.86. The zero-order valence-electron chi connectivity index (χ0n) is 17.3. The van der Waals surface area contributed by atoms with Crippen molar-refractivity contribution in [1.29, 1.82) is 0 Å². The third-order valence-corrected chi connectivity index (χ3v) is 6.32. The smallest absolute Gasteiger partial charge is 0.224 e. The molecule has 0 saturated carbocycles. The largest absolute Gasteiger partial charge is 0.333 e. The first kappa shape index (κ1) is 20.9. The molecule has 4 heteroatoms. The molecule has 3 nitrogen and oxygen atoms in total. The number of hydrogen-bond acceptors (Lipinski definition) is 3. The lowest BCUT2D eigenvalue weighted by Gasteiger charge is -2.31. The first-order valence-electron chi connectivity index (χ1n) is 10.3. The normalized spacial score (nSPS) is 17.0. The lowest BCUT2D eigenvalue weighted by Crippen LogP contribution is -2.38. The number of thioether (sulfide) groups is 1. The van der Waals surface area contributed by atoms with E-state index in [1.54, 1.807) is 0 Å². The van der Waals surface area contributed by atoms with Crippen molar-refractivity contribution in [2.24, 2.45) is 5.92 Å². The Morgan fingerprint density at radius 2 is 1.68 bits per heavy atom. The number of hydrogen-bond donors (Lipinski definition) is 0. The number of carbonyl (C=O) groups is 1. The lowest BCUT2D eigenvalue weighted by atomic mass is 10.1. The van der Waals surface area contributed by atoms with E-state index >= 15 is 0 Å². The number of rotatable bonds is 7. The molecule has 0 unspecified atom stereocenters. The molecule has 1 aliphatic heterocycles. The highest BCUT2D eigenvalue weighted by Crippen LogP contribution is 2.30. The van der Waals surface area contributed by atoms with Crippen molar-refractivity contribution < 1.29 is 4.79 Å². The van der Waals surface area contributed by atoms with Crippen molar-refractivity contribution in [1.82, 2.24) is 9.80 Å². The lowest BCUT2D eigenvalue weighted by molar-refractivity contribution is -0.132. The van der Waals surface area contributed by atoms with E-state index in [1.165, 1.54) is 16.0 Å². The average molecular weight is 397 g/mol. The number of amides is 1. The minimum Gasteiger partial charge on any atom is -0.333 e. The monoisotopic (exact) mass is 396 g/mol. The van der Waals surface area contributed by atoms with Crippen LogP contribution in [-0.2, 0) is 4.79 Å². The van der Waals surface area contributed by atoms with Gasteiger partial charge in [-0.3, -0.25) is 4.79 Å². The van der Waals surface area contributed by atoms with Gasteiger partial charge in [-0.05, 0) is 30.5 Å². The van der Waals surface area contributed by atoms with Crippen molar-refractivity contribution in [3.63, 3.8) is 0 Å². The molecule has 1 atom stereocenters. The number of aryl methyl sites for hydroxylation is 1. The van der Waals surface area contributed by atoms with E-state index in [0.29, 0.717) is 12.3 Å². The average Bonchev–Trinajstić information content (AvgIpc) is 2.86. The molecule has 0 N–H and O–H groups in total. The summed E-state index contributed by atoms with van der Waals surface area (Å²) < 4.78 is 0. The maximum atomic E-state index is 13.0. The van der Waals surface area contributed by atoms with E-state index in [0.717, 1.165) is 31.9 Å². The first-order chi connectivity index (χ1) is 13.5. The number of benzene rings is 2. The summed E-state index contributed by atoms with van der Waals surface area (Å²) in [5.74, 6) is 1.79. The molecule has 0 radical (unpaired) electrons. The Labute approximate surface area is 174 Å².